The normalized spacial score (nSPS) is 11.1. The van der Waals surface area contributed by atoms with Crippen molar-refractivity contribution in [2.75, 3.05) is 19.0 Å². The second-order valence-electron chi connectivity index (χ2n) is 4.81. The van der Waals surface area contributed by atoms with Crippen LogP contribution in [0.25, 0.3) is 0 Å². The first-order valence-corrected chi connectivity index (χ1v) is 7.10. The van der Waals surface area contributed by atoms with Crippen molar-refractivity contribution in [1.29, 1.82) is 0 Å². The molecule has 4 heteroatoms. The van der Waals surface area contributed by atoms with E-state index >= 15 is 0 Å². The van der Waals surface area contributed by atoms with Crippen molar-refractivity contribution in [2.45, 2.75) is 25.8 Å². The number of hydrogen-bond acceptors (Lipinski definition) is 2. The Labute approximate surface area is 117 Å². The largest absolute Gasteiger partial charge is 0.493 e. The molecule has 1 aromatic carbocycles. The predicted octanol–water partition coefficient (Wildman–Crippen LogP) is 3.09. The molecule has 18 heavy (non-hydrogen) atoms. The molecule has 0 saturated carbocycles. The van der Waals surface area contributed by atoms with Crippen LogP contribution in [0, 0.1) is 0 Å². The van der Waals surface area contributed by atoms with Crippen molar-refractivity contribution in [2.24, 2.45) is 0 Å². The van der Waals surface area contributed by atoms with Gasteiger partial charge in [0.2, 0.25) is 5.91 Å². The number of rotatable bonds is 6. The summed E-state index contributed by atoms with van der Waals surface area (Å²) in [4.78, 5) is 13.7. The van der Waals surface area contributed by atoms with E-state index in [-0.39, 0.29) is 11.4 Å². The number of halogens is 1. The molecule has 0 bridgehead atoms. The quantitative estimate of drug-likeness (QED) is 0.755. The Balaban J connectivity index is 2.38. The van der Waals surface area contributed by atoms with Gasteiger partial charge in [0.25, 0.3) is 0 Å². The molecule has 0 aliphatic rings. The van der Waals surface area contributed by atoms with Crippen molar-refractivity contribution in [3.8, 4) is 5.75 Å². The molecular formula is C14H20BrNO2. The van der Waals surface area contributed by atoms with Crippen LogP contribution in [0.3, 0.4) is 0 Å². The zero-order valence-electron chi connectivity index (χ0n) is 11.1. The molecule has 0 aliphatic heterocycles. The van der Waals surface area contributed by atoms with E-state index in [1.807, 2.05) is 51.2 Å². The number of alkyl halides is 1. The van der Waals surface area contributed by atoms with Gasteiger partial charge in [-0.05, 0) is 26.0 Å². The number of carbonyl (C=O) groups excluding carboxylic acids is 1. The lowest BCUT2D eigenvalue weighted by atomic mass is 10.1. The second-order valence-corrected chi connectivity index (χ2v) is 5.37. The molecule has 0 aromatic heterocycles. The van der Waals surface area contributed by atoms with E-state index in [4.69, 9.17) is 4.74 Å². The Morgan fingerprint density at radius 2 is 1.94 bits per heavy atom. The predicted molar refractivity (Wildman–Crippen MR) is 77.2 cm³/mol. The summed E-state index contributed by atoms with van der Waals surface area (Å²) in [6.45, 7) is 4.46. The molecule has 0 atom stereocenters. The van der Waals surface area contributed by atoms with Crippen LogP contribution in [0.15, 0.2) is 30.3 Å². The molecule has 1 amide bonds. The number of hydrogen-bond donors (Lipinski definition) is 0. The van der Waals surface area contributed by atoms with Gasteiger partial charge in [0.05, 0.1) is 13.0 Å². The zero-order chi connectivity index (χ0) is 13.6. The summed E-state index contributed by atoms with van der Waals surface area (Å²) in [5, 5.41) is 0.752. The fourth-order valence-electron chi connectivity index (χ4n) is 1.37. The summed E-state index contributed by atoms with van der Waals surface area (Å²) < 4.78 is 5.51. The van der Waals surface area contributed by atoms with Gasteiger partial charge in [0.15, 0.2) is 0 Å². The van der Waals surface area contributed by atoms with E-state index in [0.717, 1.165) is 11.1 Å². The highest BCUT2D eigenvalue weighted by atomic mass is 79.9. The molecule has 100 valence electrons. The third-order valence-corrected chi connectivity index (χ3v) is 4.31. The first kappa shape index (κ1) is 15.0. The highest BCUT2D eigenvalue weighted by Crippen LogP contribution is 2.16. The monoisotopic (exact) mass is 313 g/mol. The standard InChI is InChI=1S/C14H20BrNO2/c1-14(2,11-15)16(3)13(17)9-10-18-12-7-5-4-6-8-12/h4-8H,9-11H2,1-3H3. The number of para-hydroxylation sites is 1. The summed E-state index contributed by atoms with van der Waals surface area (Å²) in [5.41, 5.74) is -0.177. The Kier molecular flexibility index (Phi) is 5.66. The van der Waals surface area contributed by atoms with Crippen molar-refractivity contribution in [1.82, 2.24) is 4.90 Å². The van der Waals surface area contributed by atoms with Crippen molar-refractivity contribution < 1.29 is 9.53 Å². The second kappa shape index (κ2) is 6.78. The summed E-state index contributed by atoms with van der Waals surface area (Å²) in [6.07, 6.45) is 0.391. The lowest BCUT2D eigenvalue weighted by molar-refractivity contribution is -0.134. The van der Waals surface area contributed by atoms with E-state index in [0.29, 0.717) is 13.0 Å². The molecule has 0 saturated heterocycles. The number of carbonyl (C=O) groups is 1. The lowest BCUT2D eigenvalue weighted by Gasteiger charge is -2.34. The van der Waals surface area contributed by atoms with Crippen molar-refractivity contribution >= 4 is 21.8 Å². The Hall–Kier alpha value is -1.03. The van der Waals surface area contributed by atoms with Crippen molar-refractivity contribution in [3.63, 3.8) is 0 Å². The fraction of sp³-hybridized carbons (Fsp3) is 0.500. The first-order valence-electron chi connectivity index (χ1n) is 5.98. The van der Waals surface area contributed by atoms with Crippen LogP contribution in [-0.4, -0.2) is 35.3 Å². The molecule has 0 heterocycles. The molecule has 3 nitrogen and oxygen atoms in total. The van der Waals surface area contributed by atoms with Gasteiger partial charge in [-0.2, -0.15) is 0 Å². The Morgan fingerprint density at radius 3 is 2.50 bits per heavy atom. The van der Waals surface area contributed by atoms with Crippen LogP contribution < -0.4 is 4.74 Å². The number of nitrogens with zero attached hydrogens (tertiary/aromatic N) is 1. The maximum Gasteiger partial charge on any atom is 0.226 e. The zero-order valence-corrected chi connectivity index (χ0v) is 12.7. The van der Waals surface area contributed by atoms with Crippen LogP contribution in [0.1, 0.15) is 20.3 Å². The van der Waals surface area contributed by atoms with Crippen molar-refractivity contribution in [3.05, 3.63) is 30.3 Å². The van der Waals surface area contributed by atoms with Crippen LogP contribution >= 0.6 is 15.9 Å². The molecule has 0 radical (unpaired) electrons. The minimum absolute atomic E-state index is 0.0929. The lowest BCUT2D eigenvalue weighted by Crippen LogP contribution is -2.46. The molecule has 0 aliphatic carbocycles. The molecule has 1 rings (SSSR count). The van der Waals surface area contributed by atoms with Gasteiger partial charge in [0, 0.05) is 17.9 Å². The van der Waals surface area contributed by atoms with Gasteiger partial charge in [-0.1, -0.05) is 34.1 Å². The van der Waals surface area contributed by atoms with E-state index in [9.17, 15) is 4.79 Å². The Bertz CT molecular complexity index is 379. The molecule has 1 aromatic rings. The highest BCUT2D eigenvalue weighted by Gasteiger charge is 2.25. The van der Waals surface area contributed by atoms with Gasteiger partial charge in [0.1, 0.15) is 5.75 Å². The van der Waals surface area contributed by atoms with E-state index in [1.165, 1.54) is 0 Å². The molecule has 0 spiro atoms. The topological polar surface area (TPSA) is 29.5 Å². The third kappa shape index (κ3) is 4.33. The van der Waals surface area contributed by atoms with Crippen LogP contribution in [0.2, 0.25) is 0 Å². The maximum absolute atomic E-state index is 12.0. The highest BCUT2D eigenvalue weighted by molar-refractivity contribution is 9.09. The summed E-state index contributed by atoms with van der Waals surface area (Å²) in [7, 11) is 1.83. The molecule has 0 unspecified atom stereocenters. The average Bonchev–Trinajstić information content (AvgIpc) is 2.39. The van der Waals surface area contributed by atoms with E-state index in [2.05, 4.69) is 15.9 Å². The van der Waals surface area contributed by atoms with E-state index < -0.39 is 0 Å². The van der Waals surface area contributed by atoms with Gasteiger partial charge < -0.3 is 9.64 Å². The molecule has 0 N–H and O–H groups in total. The molecular weight excluding hydrogens is 294 g/mol. The number of ether oxygens (including phenoxy) is 1. The Morgan fingerprint density at radius 1 is 1.33 bits per heavy atom. The molecule has 0 fully saturated rings. The number of benzene rings is 1. The van der Waals surface area contributed by atoms with Gasteiger partial charge in [-0.15, -0.1) is 0 Å². The van der Waals surface area contributed by atoms with Gasteiger partial charge in [-0.25, -0.2) is 0 Å². The smallest absolute Gasteiger partial charge is 0.226 e. The van der Waals surface area contributed by atoms with Crippen LogP contribution in [0.5, 0.6) is 5.75 Å². The maximum atomic E-state index is 12.0. The summed E-state index contributed by atoms with van der Waals surface area (Å²) >= 11 is 3.42. The first-order chi connectivity index (χ1) is 8.47. The summed E-state index contributed by atoms with van der Waals surface area (Å²) in [5.74, 6) is 0.892. The average molecular weight is 314 g/mol. The van der Waals surface area contributed by atoms with Crippen LogP contribution in [-0.2, 0) is 4.79 Å². The minimum Gasteiger partial charge on any atom is -0.493 e. The van der Waals surface area contributed by atoms with E-state index in [1.54, 1.807) is 4.90 Å². The van der Waals surface area contributed by atoms with Gasteiger partial charge >= 0.3 is 0 Å². The minimum atomic E-state index is -0.177. The van der Waals surface area contributed by atoms with Crippen LogP contribution in [0.4, 0.5) is 0 Å². The number of amides is 1. The fourth-order valence-corrected chi connectivity index (χ4v) is 1.74. The third-order valence-electron chi connectivity index (χ3n) is 2.94. The summed E-state index contributed by atoms with van der Waals surface area (Å²) in [6, 6.07) is 9.53. The SMILES string of the molecule is CN(C(=O)CCOc1ccccc1)C(C)(C)CBr. The van der Waals surface area contributed by atoms with Gasteiger partial charge in [-0.3, -0.25) is 4.79 Å².